The molecule has 0 N–H and O–H groups in total. The van der Waals surface area contributed by atoms with Crippen molar-refractivity contribution in [1.29, 1.82) is 0 Å². The summed E-state index contributed by atoms with van der Waals surface area (Å²) < 4.78 is 2.28. The lowest BCUT2D eigenvalue weighted by molar-refractivity contribution is -0.116. The van der Waals surface area contributed by atoms with Gasteiger partial charge < -0.3 is 4.90 Å². The molecule has 0 atom stereocenters. The van der Waals surface area contributed by atoms with Gasteiger partial charge in [-0.1, -0.05) is 36.0 Å². The van der Waals surface area contributed by atoms with Gasteiger partial charge in [0.05, 0.1) is 17.0 Å². The first-order valence-electron chi connectivity index (χ1n) is 10.5. The molecule has 164 valence electrons. The van der Waals surface area contributed by atoms with Crippen LogP contribution in [0.1, 0.15) is 23.6 Å². The second-order valence-electron chi connectivity index (χ2n) is 7.73. The van der Waals surface area contributed by atoms with Gasteiger partial charge in [0.2, 0.25) is 5.91 Å². The molecule has 0 saturated heterocycles. The summed E-state index contributed by atoms with van der Waals surface area (Å²) in [5, 5.41) is 2.41. The molecule has 0 aliphatic carbocycles. The maximum absolute atomic E-state index is 13.4. The summed E-state index contributed by atoms with van der Waals surface area (Å²) in [6.07, 6.45) is 0. The summed E-state index contributed by atoms with van der Waals surface area (Å²) in [7, 11) is 0. The zero-order valence-electron chi connectivity index (χ0n) is 18.6. The summed E-state index contributed by atoms with van der Waals surface area (Å²) in [4.78, 5) is 33.0. The summed E-state index contributed by atoms with van der Waals surface area (Å²) in [5.74, 6) is 0.171. The average molecular weight is 464 g/mol. The van der Waals surface area contributed by atoms with Crippen LogP contribution in [0.25, 0.3) is 15.9 Å². The molecule has 5 nitrogen and oxygen atoms in total. The summed E-state index contributed by atoms with van der Waals surface area (Å²) in [6, 6.07) is 15.8. The number of carbonyl (C=O) groups excluding carboxylic acids is 1. The van der Waals surface area contributed by atoms with Crippen LogP contribution in [0.4, 0.5) is 5.69 Å². The highest BCUT2D eigenvalue weighted by molar-refractivity contribution is 7.99. The molecule has 0 aliphatic rings. The maximum atomic E-state index is 13.4. The van der Waals surface area contributed by atoms with Gasteiger partial charge in [0.25, 0.3) is 5.56 Å². The number of anilines is 1. The zero-order valence-corrected chi connectivity index (χ0v) is 20.2. The van der Waals surface area contributed by atoms with Crippen molar-refractivity contribution >= 4 is 44.9 Å². The van der Waals surface area contributed by atoms with Crippen LogP contribution < -0.4 is 10.5 Å². The molecule has 0 bridgehead atoms. The van der Waals surface area contributed by atoms with Gasteiger partial charge in [0.1, 0.15) is 4.70 Å². The van der Waals surface area contributed by atoms with Crippen LogP contribution >= 0.6 is 23.1 Å². The molecule has 4 rings (SSSR count). The Bertz CT molecular complexity index is 1360. The van der Waals surface area contributed by atoms with Crippen molar-refractivity contribution in [2.45, 2.75) is 32.9 Å². The number of thioether (sulfide) groups is 1. The lowest BCUT2D eigenvalue weighted by Crippen LogP contribution is -2.32. The first-order valence-corrected chi connectivity index (χ1v) is 12.3. The zero-order chi connectivity index (χ0) is 22.8. The summed E-state index contributed by atoms with van der Waals surface area (Å²) >= 11 is 2.70. The van der Waals surface area contributed by atoms with Crippen molar-refractivity contribution < 1.29 is 4.79 Å². The molecule has 0 radical (unpaired) electrons. The third kappa shape index (κ3) is 4.36. The number of hydrogen-bond acceptors (Lipinski definition) is 5. The van der Waals surface area contributed by atoms with Crippen LogP contribution in [0.15, 0.2) is 63.9 Å². The van der Waals surface area contributed by atoms with E-state index >= 15 is 0 Å². The van der Waals surface area contributed by atoms with Crippen molar-refractivity contribution in [3.8, 4) is 5.69 Å². The molecule has 0 fully saturated rings. The molecule has 2 aromatic carbocycles. The monoisotopic (exact) mass is 463 g/mol. The van der Waals surface area contributed by atoms with Crippen LogP contribution in [0.5, 0.6) is 0 Å². The van der Waals surface area contributed by atoms with E-state index in [4.69, 9.17) is 4.98 Å². The van der Waals surface area contributed by atoms with Crippen molar-refractivity contribution in [1.82, 2.24) is 9.55 Å². The molecule has 0 saturated carbocycles. The minimum atomic E-state index is -0.0975. The van der Waals surface area contributed by atoms with E-state index in [0.29, 0.717) is 21.9 Å². The molecule has 0 unspecified atom stereocenters. The maximum Gasteiger partial charge on any atom is 0.276 e. The molecular formula is C25H25N3O2S2. The van der Waals surface area contributed by atoms with Gasteiger partial charge in [-0.3, -0.25) is 14.2 Å². The second-order valence-corrected chi connectivity index (χ2v) is 9.58. The van der Waals surface area contributed by atoms with Gasteiger partial charge in [0.15, 0.2) is 5.16 Å². The van der Waals surface area contributed by atoms with Gasteiger partial charge in [-0.05, 0) is 74.0 Å². The summed E-state index contributed by atoms with van der Waals surface area (Å²) in [5.41, 5.74) is 5.41. The fourth-order valence-corrected chi connectivity index (χ4v) is 5.31. The van der Waals surface area contributed by atoms with E-state index < -0.39 is 0 Å². The van der Waals surface area contributed by atoms with Crippen LogP contribution in [-0.4, -0.2) is 27.8 Å². The lowest BCUT2D eigenvalue weighted by Gasteiger charge is -2.22. The molecule has 7 heteroatoms. The normalized spacial score (nSPS) is 11.1. The molecule has 2 heterocycles. The Labute approximate surface area is 195 Å². The van der Waals surface area contributed by atoms with E-state index in [1.165, 1.54) is 23.1 Å². The predicted molar refractivity (Wildman–Crippen MR) is 135 cm³/mol. The van der Waals surface area contributed by atoms with E-state index in [9.17, 15) is 9.59 Å². The van der Waals surface area contributed by atoms with Crippen LogP contribution in [0.3, 0.4) is 0 Å². The second kappa shape index (κ2) is 9.30. The van der Waals surface area contributed by atoms with Gasteiger partial charge in [-0.15, -0.1) is 11.3 Å². The smallest absolute Gasteiger partial charge is 0.276 e. The highest BCUT2D eigenvalue weighted by Gasteiger charge is 2.19. The number of hydrogen-bond donors (Lipinski definition) is 0. The first-order chi connectivity index (χ1) is 15.4. The van der Waals surface area contributed by atoms with Crippen molar-refractivity contribution in [2.24, 2.45) is 0 Å². The average Bonchev–Trinajstić information content (AvgIpc) is 3.24. The Morgan fingerprint density at radius 1 is 1.09 bits per heavy atom. The molecular weight excluding hydrogens is 438 g/mol. The number of thiophene rings is 1. The molecule has 4 aromatic rings. The number of carbonyl (C=O) groups is 1. The number of aromatic nitrogens is 2. The lowest BCUT2D eigenvalue weighted by atomic mass is 10.1. The van der Waals surface area contributed by atoms with E-state index in [1.807, 2.05) is 81.6 Å². The number of amides is 1. The third-order valence-electron chi connectivity index (χ3n) is 5.31. The van der Waals surface area contributed by atoms with Gasteiger partial charge in [0, 0.05) is 12.2 Å². The predicted octanol–water partition coefficient (Wildman–Crippen LogP) is 5.52. The number of nitrogens with zero attached hydrogens (tertiary/aromatic N) is 3. The van der Waals surface area contributed by atoms with Crippen LogP contribution in [-0.2, 0) is 4.79 Å². The molecule has 2 aromatic heterocycles. The van der Waals surface area contributed by atoms with Crippen molar-refractivity contribution in [2.75, 3.05) is 17.2 Å². The van der Waals surface area contributed by atoms with Gasteiger partial charge in [-0.2, -0.15) is 0 Å². The molecule has 32 heavy (non-hydrogen) atoms. The molecule has 1 amide bonds. The third-order valence-corrected chi connectivity index (χ3v) is 7.13. The van der Waals surface area contributed by atoms with Gasteiger partial charge >= 0.3 is 0 Å². The number of rotatable bonds is 6. The quantitative estimate of drug-likeness (QED) is 0.279. The van der Waals surface area contributed by atoms with Gasteiger partial charge in [-0.25, -0.2) is 4.98 Å². The minimum Gasteiger partial charge on any atom is -0.312 e. The van der Waals surface area contributed by atoms with Crippen molar-refractivity contribution in [3.05, 3.63) is 81.0 Å². The Hall–Kier alpha value is -2.90. The van der Waals surface area contributed by atoms with E-state index in [-0.39, 0.29) is 17.2 Å². The largest absolute Gasteiger partial charge is 0.312 e. The van der Waals surface area contributed by atoms with E-state index in [1.54, 1.807) is 9.47 Å². The highest BCUT2D eigenvalue weighted by atomic mass is 32.2. The Balaban J connectivity index is 1.72. The minimum absolute atomic E-state index is 0.0183. The Kier molecular flexibility index (Phi) is 6.48. The number of benzene rings is 2. The fraction of sp³-hybridized carbons (Fsp3) is 0.240. The Morgan fingerprint density at radius 2 is 1.88 bits per heavy atom. The Morgan fingerprint density at radius 3 is 2.62 bits per heavy atom. The van der Waals surface area contributed by atoms with E-state index in [2.05, 4.69) is 0 Å². The topological polar surface area (TPSA) is 55.2 Å². The van der Waals surface area contributed by atoms with E-state index in [0.717, 1.165) is 28.1 Å². The molecule has 0 spiro atoms. The highest BCUT2D eigenvalue weighted by Crippen LogP contribution is 2.26. The SMILES string of the molecule is CCN(C(=O)CSc1nc2ccsc2c(=O)n1-c1cc(C)ccc1C)c1cccc(C)c1. The van der Waals surface area contributed by atoms with Crippen LogP contribution in [0, 0.1) is 20.8 Å². The van der Waals surface area contributed by atoms with Crippen molar-refractivity contribution in [3.63, 3.8) is 0 Å². The molecule has 0 aliphatic heterocycles. The first kappa shape index (κ1) is 22.3. The number of aryl methyl sites for hydroxylation is 3. The summed E-state index contributed by atoms with van der Waals surface area (Å²) in [6.45, 7) is 8.54. The number of fused-ring (bicyclic) bond motifs is 1. The fourth-order valence-electron chi connectivity index (χ4n) is 3.66. The van der Waals surface area contributed by atoms with Crippen LogP contribution in [0.2, 0.25) is 0 Å². The standard InChI is InChI=1S/C25H25N3O2S2/c1-5-27(19-8-6-7-16(2)13-19)22(29)15-32-25-26-20-11-12-31-23(20)24(30)28(25)21-14-17(3)9-10-18(21)4/h6-14H,5,15H2,1-4H3.